The van der Waals surface area contributed by atoms with Gasteiger partial charge in [0.25, 0.3) is 5.56 Å². The van der Waals surface area contributed by atoms with Crippen molar-refractivity contribution in [2.24, 2.45) is 0 Å². The lowest BCUT2D eigenvalue weighted by Crippen LogP contribution is -2.24. The van der Waals surface area contributed by atoms with E-state index in [1.54, 1.807) is 4.57 Å². The van der Waals surface area contributed by atoms with Crippen LogP contribution < -0.4 is 5.56 Å². The monoisotopic (exact) mass is 441 g/mol. The molecule has 33 heavy (non-hydrogen) atoms. The Balaban J connectivity index is 1.81. The molecule has 5 rings (SSSR count). The number of hydrogen-bond acceptors (Lipinski definition) is 5. The second kappa shape index (κ2) is 8.75. The molecule has 0 fully saturated rings. The van der Waals surface area contributed by atoms with Crippen molar-refractivity contribution in [2.75, 3.05) is 13.2 Å². The van der Waals surface area contributed by atoms with Crippen molar-refractivity contribution in [3.8, 4) is 5.69 Å². The summed E-state index contributed by atoms with van der Waals surface area (Å²) in [7, 11) is 0. The van der Waals surface area contributed by atoms with Crippen LogP contribution in [0.3, 0.4) is 0 Å². The highest BCUT2D eigenvalue weighted by molar-refractivity contribution is 6.05. The van der Waals surface area contributed by atoms with Gasteiger partial charge in [-0.2, -0.15) is 0 Å². The number of benzene rings is 2. The molecule has 0 saturated heterocycles. The molecule has 2 aromatic carbocycles. The van der Waals surface area contributed by atoms with Crippen molar-refractivity contribution >= 4 is 33.2 Å². The fourth-order valence-corrected chi connectivity index (χ4v) is 4.29. The van der Waals surface area contributed by atoms with Crippen LogP contribution in [0.5, 0.6) is 0 Å². The van der Waals surface area contributed by atoms with E-state index in [-0.39, 0.29) is 5.56 Å². The molecule has 3 aromatic heterocycles. The van der Waals surface area contributed by atoms with Crippen LogP contribution in [0.1, 0.15) is 31.7 Å². The van der Waals surface area contributed by atoms with Gasteiger partial charge in [0.05, 0.1) is 11.0 Å². The summed E-state index contributed by atoms with van der Waals surface area (Å²) in [4.78, 5) is 28.4. The van der Waals surface area contributed by atoms with Crippen molar-refractivity contribution in [3.63, 3.8) is 0 Å². The lowest BCUT2D eigenvalue weighted by Gasteiger charge is -2.11. The zero-order valence-corrected chi connectivity index (χ0v) is 19.2. The average molecular weight is 442 g/mol. The van der Waals surface area contributed by atoms with Gasteiger partial charge < -0.3 is 4.74 Å². The fourth-order valence-electron chi connectivity index (χ4n) is 4.29. The molecular weight excluding hydrogens is 414 g/mol. The van der Waals surface area contributed by atoms with E-state index in [4.69, 9.17) is 19.7 Å². The molecule has 168 valence electrons. The molecule has 7 heteroatoms. The molecule has 0 aliphatic carbocycles. The molecule has 0 bridgehead atoms. The summed E-state index contributed by atoms with van der Waals surface area (Å²) < 4.78 is 9.14. The fraction of sp³-hybridized carbons (Fsp3) is 0.308. The largest absolute Gasteiger partial charge is 0.382 e. The van der Waals surface area contributed by atoms with Gasteiger partial charge in [-0.05, 0) is 56.5 Å². The summed E-state index contributed by atoms with van der Waals surface area (Å²) in [6, 6.07) is 16.0. The zero-order valence-electron chi connectivity index (χ0n) is 19.2. The summed E-state index contributed by atoms with van der Waals surface area (Å²) in [6.45, 7) is 7.80. The molecule has 7 nitrogen and oxygen atoms in total. The van der Waals surface area contributed by atoms with E-state index in [9.17, 15) is 4.79 Å². The Morgan fingerprint density at radius 1 is 0.909 bits per heavy atom. The van der Waals surface area contributed by atoms with Crippen LogP contribution in [0, 0.1) is 6.92 Å². The van der Waals surface area contributed by atoms with Crippen LogP contribution in [0.25, 0.3) is 38.9 Å². The molecule has 0 atom stereocenters. The highest BCUT2D eigenvalue weighted by atomic mass is 16.5. The van der Waals surface area contributed by atoms with Crippen molar-refractivity contribution in [1.82, 2.24) is 24.1 Å². The Morgan fingerprint density at radius 3 is 2.33 bits per heavy atom. The number of aromatic nitrogens is 5. The summed E-state index contributed by atoms with van der Waals surface area (Å²) in [6.07, 6.45) is 1.70. The highest BCUT2D eigenvalue weighted by Crippen LogP contribution is 2.28. The molecule has 0 aliphatic rings. The predicted molar refractivity (Wildman–Crippen MR) is 131 cm³/mol. The molecular formula is C26H27N5O2. The first-order chi connectivity index (χ1) is 16.1. The van der Waals surface area contributed by atoms with Crippen LogP contribution in [-0.2, 0) is 17.7 Å². The van der Waals surface area contributed by atoms with Gasteiger partial charge in [0.1, 0.15) is 16.7 Å². The lowest BCUT2D eigenvalue weighted by molar-refractivity contribution is 0.141. The van der Waals surface area contributed by atoms with Gasteiger partial charge in [-0.25, -0.2) is 15.0 Å². The van der Waals surface area contributed by atoms with Crippen LogP contribution in [-0.4, -0.2) is 37.3 Å². The van der Waals surface area contributed by atoms with Gasteiger partial charge in [0.2, 0.25) is 0 Å². The Hall–Kier alpha value is -3.58. The molecule has 0 aliphatic heterocycles. The first kappa shape index (κ1) is 21.3. The number of hydrogen-bond donors (Lipinski definition) is 0. The Bertz CT molecular complexity index is 1520. The summed E-state index contributed by atoms with van der Waals surface area (Å²) in [5.74, 6) is 0.669. The van der Waals surface area contributed by atoms with E-state index in [0.717, 1.165) is 29.6 Å². The quantitative estimate of drug-likeness (QED) is 0.346. The second-order valence-corrected chi connectivity index (χ2v) is 8.10. The van der Waals surface area contributed by atoms with E-state index in [0.29, 0.717) is 47.8 Å². The molecule has 0 saturated carbocycles. The van der Waals surface area contributed by atoms with Gasteiger partial charge >= 0.3 is 0 Å². The standard InChI is InChI=1S/C26H27N5O2/c1-4-18-11-13-19(14-12-18)31-24-22(23-25(31)29-21-10-7-6-9-20(21)28-23)26(32)30(17(3)27-24)15-8-16-33-5-2/h6-7,9-14H,4-5,8,15-16H2,1-3H3. The average Bonchev–Trinajstić information content (AvgIpc) is 3.14. The smallest absolute Gasteiger partial charge is 0.265 e. The maximum absolute atomic E-state index is 13.7. The predicted octanol–water partition coefficient (Wildman–Crippen LogP) is 4.58. The third-order valence-corrected chi connectivity index (χ3v) is 6.03. The molecule has 0 radical (unpaired) electrons. The maximum Gasteiger partial charge on any atom is 0.265 e. The number of nitrogens with zero attached hydrogens (tertiary/aromatic N) is 5. The van der Waals surface area contributed by atoms with Gasteiger partial charge in [-0.1, -0.05) is 31.2 Å². The summed E-state index contributed by atoms with van der Waals surface area (Å²) in [5.41, 5.74) is 5.43. The summed E-state index contributed by atoms with van der Waals surface area (Å²) >= 11 is 0. The molecule has 0 unspecified atom stereocenters. The first-order valence-electron chi connectivity index (χ1n) is 11.5. The zero-order chi connectivity index (χ0) is 22.9. The van der Waals surface area contributed by atoms with E-state index >= 15 is 0 Å². The highest BCUT2D eigenvalue weighted by Gasteiger charge is 2.22. The molecule has 0 N–H and O–H groups in total. The molecule has 3 heterocycles. The third-order valence-electron chi connectivity index (χ3n) is 6.03. The number of rotatable bonds is 7. The first-order valence-corrected chi connectivity index (χ1v) is 11.5. The van der Waals surface area contributed by atoms with E-state index in [2.05, 4.69) is 31.2 Å². The van der Waals surface area contributed by atoms with Crippen molar-refractivity contribution in [2.45, 2.75) is 40.2 Å². The molecule has 0 amide bonds. The number of para-hydroxylation sites is 2. The van der Waals surface area contributed by atoms with E-state index < -0.39 is 0 Å². The molecule has 0 spiro atoms. The normalized spacial score (nSPS) is 11.7. The van der Waals surface area contributed by atoms with Crippen molar-refractivity contribution in [3.05, 3.63) is 70.3 Å². The maximum atomic E-state index is 13.7. The van der Waals surface area contributed by atoms with Gasteiger partial charge in [0, 0.05) is 25.4 Å². The third kappa shape index (κ3) is 3.68. The molecule has 5 aromatic rings. The van der Waals surface area contributed by atoms with E-state index in [1.807, 2.05) is 42.7 Å². The van der Waals surface area contributed by atoms with Crippen LogP contribution in [0.4, 0.5) is 0 Å². The Morgan fingerprint density at radius 2 is 1.64 bits per heavy atom. The van der Waals surface area contributed by atoms with Crippen LogP contribution >= 0.6 is 0 Å². The van der Waals surface area contributed by atoms with Crippen molar-refractivity contribution < 1.29 is 4.74 Å². The summed E-state index contributed by atoms with van der Waals surface area (Å²) in [5, 5.41) is 0.504. The Kier molecular flexibility index (Phi) is 5.64. The topological polar surface area (TPSA) is 74.8 Å². The number of aryl methyl sites for hydroxylation is 2. The number of ether oxygens (including phenoxy) is 1. The lowest BCUT2D eigenvalue weighted by atomic mass is 10.1. The van der Waals surface area contributed by atoms with Crippen LogP contribution in [0.2, 0.25) is 0 Å². The van der Waals surface area contributed by atoms with Crippen LogP contribution in [0.15, 0.2) is 53.3 Å². The second-order valence-electron chi connectivity index (χ2n) is 8.10. The minimum Gasteiger partial charge on any atom is -0.382 e. The number of fused-ring (bicyclic) bond motifs is 4. The Labute approximate surface area is 191 Å². The minimum atomic E-state index is -0.0903. The van der Waals surface area contributed by atoms with Gasteiger partial charge in [-0.3, -0.25) is 13.9 Å². The van der Waals surface area contributed by atoms with Gasteiger partial charge in [0.15, 0.2) is 11.3 Å². The van der Waals surface area contributed by atoms with Crippen molar-refractivity contribution in [1.29, 1.82) is 0 Å². The van der Waals surface area contributed by atoms with Gasteiger partial charge in [-0.15, -0.1) is 0 Å². The SMILES string of the molecule is CCOCCCn1c(C)nc2c(c1=O)c1nc3ccccc3nc1n2-c1ccc(CC)cc1. The minimum absolute atomic E-state index is 0.0903. The van der Waals surface area contributed by atoms with E-state index in [1.165, 1.54) is 5.56 Å².